The second-order valence-electron chi connectivity index (χ2n) is 5.68. The average Bonchev–Trinajstić information content (AvgIpc) is 2.62. The number of ether oxygens (including phenoxy) is 1. The highest BCUT2D eigenvalue weighted by Gasteiger charge is 2.51. The summed E-state index contributed by atoms with van der Waals surface area (Å²) in [5.74, 6) is -3.31. The van der Waals surface area contributed by atoms with Gasteiger partial charge in [0.25, 0.3) is 5.92 Å². The van der Waals surface area contributed by atoms with Gasteiger partial charge in [-0.1, -0.05) is 0 Å². The van der Waals surface area contributed by atoms with Gasteiger partial charge in [-0.3, -0.25) is 4.90 Å². The molecule has 1 amide bonds. The van der Waals surface area contributed by atoms with Crippen LogP contribution in [0.3, 0.4) is 0 Å². The summed E-state index contributed by atoms with van der Waals surface area (Å²) >= 11 is 0. The van der Waals surface area contributed by atoms with Crippen LogP contribution in [0.5, 0.6) is 0 Å². The van der Waals surface area contributed by atoms with Crippen LogP contribution in [0.1, 0.15) is 40.5 Å². The summed E-state index contributed by atoms with van der Waals surface area (Å²) in [6.45, 7) is 6.32. The van der Waals surface area contributed by atoms with Gasteiger partial charge in [-0.05, 0) is 40.5 Å². The number of carbonyl (C=O) groups excluding carboxylic acids is 1. The molecule has 0 aliphatic carbocycles. The minimum Gasteiger partial charge on any atom is -0.444 e. The molecule has 0 aromatic carbocycles. The van der Waals surface area contributed by atoms with Gasteiger partial charge in [0, 0.05) is 6.54 Å². The van der Waals surface area contributed by atoms with Crippen LogP contribution in [-0.4, -0.2) is 46.3 Å². The molecule has 106 valence electrons. The molecule has 1 heterocycles. The SMILES string of the molecule is CC(O)C(F)(F)C1CCCN1C(=O)OC(C)(C)C. The Balaban J connectivity index is 2.80. The van der Waals surface area contributed by atoms with Crippen molar-refractivity contribution in [1.29, 1.82) is 0 Å². The first-order valence-electron chi connectivity index (χ1n) is 6.11. The highest BCUT2D eigenvalue weighted by Crippen LogP contribution is 2.34. The number of alkyl halides is 2. The highest BCUT2D eigenvalue weighted by molar-refractivity contribution is 5.69. The molecule has 2 unspecified atom stereocenters. The molecule has 18 heavy (non-hydrogen) atoms. The largest absolute Gasteiger partial charge is 0.444 e. The molecule has 0 spiro atoms. The summed E-state index contributed by atoms with van der Waals surface area (Å²) in [5.41, 5.74) is -0.718. The van der Waals surface area contributed by atoms with Crippen molar-refractivity contribution in [2.24, 2.45) is 0 Å². The minimum absolute atomic E-state index is 0.178. The molecule has 1 aliphatic rings. The second-order valence-corrected chi connectivity index (χ2v) is 5.68. The van der Waals surface area contributed by atoms with Crippen LogP contribution in [-0.2, 0) is 4.74 Å². The number of aliphatic hydroxyl groups is 1. The Hall–Kier alpha value is -0.910. The summed E-state index contributed by atoms with van der Waals surface area (Å²) in [7, 11) is 0. The van der Waals surface area contributed by atoms with Crippen LogP contribution in [0.25, 0.3) is 0 Å². The number of carbonyl (C=O) groups is 1. The fourth-order valence-corrected chi connectivity index (χ4v) is 1.98. The summed E-state index contributed by atoms with van der Waals surface area (Å²) in [6, 6.07) is -1.28. The second kappa shape index (κ2) is 4.99. The molecule has 0 bridgehead atoms. The Kier molecular flexibility index (Phi) is 4.20. The van der Waals surface area contributed by atoms with E-state index in [1.54, 1.807) is 20.8 Å². The lowest BCUT2D eigenvalue weighted by atomic mass is 10.0. The lowest BCUT2D eigenvalue weighted by molar-refractivity contribution is -0.141. The predicted molar refractivity (Wildman–Crippen MR) is 62.6 cm³/mol. The molecule has 1 fully saturated rings. The molecule has 1 aliphatic heterocycles. The van der Waals surface area contributed by atoms with E-state index >= 15 is 0 Å². The summed E-state index contributed by atoms with van der Waals surface area (Å²) in [6.07, 6.45) is -1.86. The maximum absolute atomic E-state index is 13.8. The maximum atomic E-state index is 13.8. The summed E-state index contributed by atoms with van der Waals surface area (Å²) < 4.78 is 32.7. The third-order valence-corrected chi connectivity index (χ3v) is 2.88. The normalized spacial score (nSPS) is 23.1. The van der Waals surface area contributed by atoms with Gasteiger partial charge in [-0.15, -0.1) is 0 Å². The Morgan fingerprint density at radius 1 is 1.44 bits per heavy atom. The first-order chi connectivity index (χ1) is 8.05. The van der Waals surface area contributed by atoms with Crippen LogP contribution in [0.15, 0.2) is 0 Å². The van der Waals surface area contributed by atoms with E-state index in [4.69, 9.17) is 9.84 Å². The molecule has 0 radical (unpaired) electrons. The molecule has 1 rings (SSSR count). The number of halogens is 2. The summed E-state index contributed by atoms with van der Waals surface area (Å²) in [5, 5.41) is 9.14. The fourth-order valence-electron chi connectivity index (χ4n) is 1.98. The first-order valence-corrected chi connectivity index (χ1v) is 6.11. The van der Waals surface area contributed by atoms with E-state index in [9.17, 15) is 13.6 Å². The number of likely N-dealkylation sites (tertiary alicyclic amines) is 1. The first kappa shape index (κ1) is 15.1. The van der Waals surface area contributed by atoms with Gasteiger partial charge in [-0.25, -0.2) is 13.6 Å². The zero-order valence-corrected chi connectivity index (χ0v) is 11.2. The van der Waals surface area contributed by atoms with Gasteiger partial charge in [0.15, 0.2) is 0 Å². The zero-order valence-electron chi connectivity index (χ0n) is 11.2. The number of aliphatic hydroxyl groups excluding tert-OH is 1. The predicted octanol–water partition coefficient (Wildman–Crippen LogP) is 2.40. The molecule has 0 aromatic rings. The number of amides is 1. The van der Waals surface area contributed by atoms with Crippen molar-refractivity contribution in [3.63, 3.8) is 0 Å². The van der Waals surface area contributed by atoms with E-state index in [1.807, 2.05) is 0 Å². The smallest absolute Gasteiger partial charge is 0.410 e. The van der Waals surface area contributed by atoms with E-state index in [2.05, 4.69) is 0 Å². The number of nitrogens with zero attached hydrogens (tertiary/aromatic N) is 1. The molecule has 1 saturated heterocycles. The Bertz CT molecular complexity index is 313. The average molecular weight is 265 g/mol. The quantitative estimate of drug-likeness (QED) is 0.834. The van der Waals surface area contributed by atoms with Gasteiger partial charge >= 0.3 is 6.09 Å². The van der Waals surface area contributed by atoms with E-state index in [0.717, 1.165) is 11.8 Å². The van der Waals surface area contributed by atoms with E-state index in [-0.39, 0.29) is 13.0 Å². The van der Waals surface area contributed by atoms with Gasteiger partial charge in [0.2, 0.25) is 0 Å². The fraction of sp³-hybridized carbons (Fsp3) is 0.917. The van der Waals surface area contributed by atoms with Crippen molar-refractivity contribution in [2.45, 2.75) is 64.2 Å². The molecule has 6 heteroatoms. The Labute approximate surface area is 106 Å². The van der Waals surface area contributed by atoms with Gasteiger partial charge in [0.05, 0.1) is 0 Å². The molecular weight excluding hydrogens is 244 g/mol. The zero-order chi connectivity index (χ0) is 14.1. The standard InChI is InChI=1S/C12H21F2NO3/c1-8(16)12(13,14)9-6-5-7-15(9)10(17)18-11(2,3)4/h8-9,16H,5-7H2,1-4H3. The third kappa shape index (κ3) is 3.31. The van der Waals surface area contributed by atoms with Crippen molar-refractivity contribution in [3.05, 3.63) is 0 Å². The topological polar surface area (TPSA) is 49.8 Å². The Morgan fingerprint density at radius 2 is 2.00 bits per heavy atom. The Morgan fingerprint density at radius 3 is 2.44 bits per heavy atom. The number of hydrogen-bond acceptors (Lipinski definition) is 3. The van der Waals surface area contributed by atoms with Crippen molar-refractivity contribution in [3.8, 4) is 0 Å². The minimum atomic E-state index is -3.31. The third-order valence-electron chi connectivity index (χ3n) is 2.88. The van der Waals surface area contributed by atoms with Crippen LogP contribution < -0.4 is 0 Å². The van der Waals surface area contributed by atoms with Gasteiger partial charge < -0.3 is 9.84 Å². The van der Waals surface area contributed by atoms with Crippen molar-refractivity contribution < 1.29 is 23.4 Å². The maximum Gasteiger partial charge on any atom is 0.410 e. The van der Waals surface area contributed by atoms with Gasteiger partial charge in [-0.2, -0.15) is 0 Å². The van der Waals surface area contributed by atoms with E-state index in [0.29, 0.717) is 6.42 Å². The highest BCUT2D eigenvalue weighted by atomic mass is 19.3. The van der Waals surface area contributed by atoms with Crippen molar-refractivity contribution >= 4 is 6.09 Å². The van der Waals surface area contributed by atoms with Crippen LogP contribution in [0.2, 0.25) is 0 Å². The van der Waals surface area contributed by atoms with Gasteiger partial charge in [0.1, 0.15) is 17.7 Å². The molecule has 0 aromatic heterocycles. The van der Waals surface area contributed by atoms with Crippen molar-refractivity contribution in [2.75, 3.05) is 6.54 Å². The molecule has 4 nitrogen and oxygen atoms in total. The van der Waals surface area contributed by atoms with E-state index in [1.165, 1.54) is 0 Å². The monoisotopic (exact) mass is 265 g/mol. The number of rotatable bonds is 2. The van der Waals surface area contributed by atoms with Crippen molar-refractivity contribution in [1.82, 2.24) is 4.90 Å². The van der Waals surface area contributed by atoms with Crippen LogP contribution in [0.4, 0.5) is 13.6 Å². The molecule has 0 saturated carbocycles. The molecule has 2 atom stereocenters. The molecular formula is C12H21F2NO3. The van der Waals surface area contributed by atoms with Crippen LogP contribution >= 0.6 is 0 Å². The number of hydrogen-bond donors (Lipinski definition) is 1. The lowest BCUT2D eigenvalue weighted by Crippen LogP contribution is -2.52. The van der Waals surface area contributed by atoms with E-state index < -0.39 is 29.8 Å². The summed E-state index contributed by atoms with van der Waals surface area (Å²) in [4.78, 5) is 12.9. The molecule has 1 N–H and O–H groups in total. The van der Waals surface area contributed by atoms with Crippen LogP contribution in [0, 0.1) is 0 Å². The lowest BCUT2D eigenvalue weighted by Gasteiger charge is -2.34.